The maximum atomic E-state index is 12.5. The van der Waals surface area contributed by atoms with E-state index in [2.05, 4.69) is 29.4 Å². The number of hydrogen-bond acceptors (Lipinski definition) is 3. The summed E-state index contributed by atoms with van der Waals surface area (Å²) < 4.78 is 0. The summed E-state index contributed by atoms with van der Waals surface area (Å²) in [7, 11) is 4.07. The Morgan fingerprint density at radius 1 is 1.24 bits per heavy atom. The first-order valence-electron chi connectivity index (χ1n) is 7.72. The lowest BCUT2D eigenvalue weighted by molar-refractivity contribution is 0.0925. The Kier molecular flexibility index (Phi) is 7.23. The molecule has 1 unspecified atom stereocenters. The summed E-state index contributed by atoms with van der Waals surface area (Å²) in [6, 6.07) is 7.83. The normalized spacial score (nSPS) is 12.5. The second-order valence-electron chi connectivity index (χ2n) is 6.14. The first-order chi connectivity index (χ1) is 9.93. The van der Waals surface area contributed by atoms with Gasteiger partial charge in [-0.25, -0.2) is 0 Å². The van der Waals surface area contributed by atoms with Crippen LogP contribution in [0, 0.1) is 5.92 Å². The molecule has 1 rings (SSSR count). The van der Waals surface area contributed by atoms with E-state index in [9.17, 15) is 4.79 Å². The molecule has 118 valence electrons. The highest BCUT2D eigenvalue weighted by atomic mass is 16.1. The number of nitrogens with zero attached hydrogens (tertiary/aromatic N) is 1. The Morgan fingerprint density at radius 2 is 1.90 bits per heavy atom. The van der Waals surface area contributed by atoms with Crippen LogP contribution >= 0.6 is 0 Å². The van der Waals surface area contributed by atoms with Crippen molar-refractivity contribution in [2.45, 2.75) is 33.2 Å². The van der Waals surface area contributed by atoms with Gasteiger partial charge < -0.3 is 15.5 Å². The highest BCUT2D eigenvalue weighted by Crippen LogP contribution is 2.15. The van der Waals surface area contributed by atoms with Gasteiger partial charge in [0.25, 0.3) is 5.91 Å². The number of amides is 1. The summed E-state index contributed by atoms with van der Waals surface area (Å²) in [6.07, 6.45) is 0.979. The third kappa shape index (κ3) is 6.17. The summed E-state index contributed by atoms with van der Waals surface area (Å²) in [6.45, 7) is 8.05. The fourth-order valence-corrected chi connectivity index (χ4v) is 2.48. The van der Waals surface area contributed by atoms with Gasteiger partial charge in [-0.3, -0.25) is 4.79 Å². The summed E-state index contributed by atoms with van der Waals surface area (Å²) >= 11 is 0. The van der Waals surface area contributed by atoms with Gasteiger partial charge in [0.05, 0.1) is 5.56 Å². The number of hydrogen-bond donors (Lipinski definition) is 2. The third-order valence-electron chi connectivity index (χ3n) is 3.22. The molecule has 0 heterocycles. The van der Waals surface area contributed by atoms with Crippen molar-refractivity contribution in [3.05, 3.63) is 29.8 Å². The highest BCUT2D eigenvalue weighted by Gasteiger charge is 2.17. The van der Waals surface area contributed by atoms with E-state index in [0.717, 1.165) is 25.2 Å². The number of para-hydroxylation sites is 1. The van der Waals surface area contributed by atoms with Gasteiger partial charge in [0.1, 0.15) is 0 Å². The second kappa shape index (κ2) is 8.67. The van der Waals surface area contributed by atoms with Gasteiger partial charge in [-0.15, -0.1) is 0 Å². The van der Waals surface area contributed by atoms with Crippen molar-refractivity contribution in [1.82, 2.24) is 10.2 Å². The molecule has 0 aromatic heterocycles. The van der Waals surface area contributed by atoms with E-state index in [-0.39, 0.29) is 11.9 Å². The molecule has 21 heavy (non-hydrogen) atoms. The predicted molar refractivity (Wildman–Crippen MR) is 89.9 cm³/mol. The van der Waals surface area contributed by atoms with Gasteiger partial charge in [-0.2, -0.15) is 0 Å². The number of rotatable bonds is 8. The van der Waals surface area contributed by atoms with E-state index in [0.29, 0.717) is 11.5 Å². The van der Waals surface area contributed by atoms with Gasteiger partial charge in [-0.1, -0.05) is 26.0 Å². The van der Waals surface area contributed by atoms with Gasteiger partial charge >= 0.3 is 0 Å². The molecule has 0 spiro atoms. The van der Waals surface area contributed by atoms with Gasteiger partial charge in [0.2, 0.25) is 0 Å². The zero-order chi connectivity index (χ0) is 15.8. The topological polar surface area (TPSA) is 44.4 Å². The zero-order valence-corrected chi connectivity index (χ0v) is 13.9. The lowest BCUT2D eigenvalue weighted by Gasteiger charge is -2.24. The largest absolute Gasteiger partial charge is 0.385 e. The van der Waals surface area contributed by atoms with Crippen LogP contribution in [0.5, 0.6) is 0 Å². The summed E-state index contributed by atoms with van der Waals surface area (Å²) in [5, 5.41) is 6.41. The van der Waals surface area contributed by atoms with Crippen LogP contribution < -0.4 is 10.6 Å². The quantitative estimate of drug-likeness (QED) is 0.774. The first-order valence-corrected chi connectivity index (χ1v) is 7.72. The van der Waals surface area contributed by atoms with E-state index >= 15 is 0 Å². The van der Waals surface area contributed by atoms with E-state index in [1.807, 2.05) is 45.3 Å². The molecule has 1 amide bonds. The molecule has 2 N–H and O–H groups in total. The fourth-order valence-electron chi connectivity index (χ4n) is 2.48. The van der Waals surface area contributed by atoms with Crippen LogP contribution in [-0.2, 0) is 0 Å². The minimum absolute atomic E-state index is 0.000880. The molecule has 4 nitrogen and oxygen atoms in total. The zero-order valence-electron chi connectivity index (χ0n) is 13.9. The number of likely N-dealkylation sites (N-methyl/N-ethyl adjacent to an activating group) is 1. The van der Waals surface area contributed by atoms with Crippen LogP contribution in [0.4, 0.5) is 5.69 Å². The maximum absolute atomic E-state index is 12.5. The Balaban J connectivity index is 2.81. The van der Waals surface area contributed by atoms with E-state index in [1.54, 1.807) is 0 Å². The van der Waals surface area contributed by atoms with Crippen LogP contribution in [0.3, 0.4) is 0 Å². The molecular formula is C17H29N3O. The van der Waals surface area contributed by atoms with Crippen LogP contribution in [0.1, 0.15) is 37.6 Å². The Morgan fingerprint density at radius 3 is 2.48 bits per heavy atom. The highest BCUT2D eigenvalue weighted by molar-refractivity contribution is 5.99. The number of benzene rings is 1. The SMILES string of the molecule is CCNc1ccccc1C(=O)NC(CC(C)C)CN(C)C. The van der Waals surface area contributed by atoms with Gasteiger partial charge in [0.15, 0.2) is 0 Å². The molecular weight excluding hydrogens is 262 g/mol. The third-order valence-corrected chi connectivity index (χ3v) is 3.22. The average molecular weight is 291 g/mol. The molecule has 4 heteroatoms. The van der Waals surface area contributed by atoms with Crippen LogP contribution in [-0.4, -0.2) is 44.0 Å². The van der Waals surface area contributed by atoms with Crippen molar-refractivity contribution < 1.29 is 4.79 Å². The molecule has 0 aliphatic carbocycles. The number of anilines is 1. The summed E-state index contributed by atoms with van der Waals surface area (Å²) in [5.41, 5.74) is 1.61. The molecule has 1 atom stereocenters. The van der Waals surface area contributed by atoms with Crippen LogP contribution in [0.15, 0.2) is 24.3 Å². The van der Waals surface area contributed by atoms with Crippen LogP contribution in [0.25, 0.3) is 0 Å². The molecule has 0 fully saturated rings. The Hall–Kier alpha value is -1.55. The molecule has 1 aromatic carbocycles. The van der Waals surface area contributed by atoms with E-state index in [4.69, 9.17) is 0 Å². The maximum Gasteiger partial charge on any atom is 0.253 e. The molecule has 0 aliphatic rings. The second-order valence-corrected chi connectivity index (χ2v) is 6.14. The molecule has 0 saturated carbocycles. The van der Waals surface area contributed by atoms with Gasteiger partial charge in [-0.05, 0) is 45.5 Å². The van der Waals surface area contributed by atoms with Gasteiger partial charge in [0, 0.05) is 24.8 Å². The standard InChI is InChI=1S/C17H29N3O/c1-6-18-16-10-8-7-9-15(16)17(21)19-14(11-13(2)3)12-20(4)5/h7-10,13-14,18H,6,11-12H2,1-5H3,(H,19,21). The molecule has 0 aliphatic heterocycles. The van der Waals surface area contributed by atoms with Crippen molar-refractivity contribution in [3.8, 4) is 0 Å². The molecule has 1 aromatic rings. The lowest BCUT2D eigenvalue weighted by atomic mass is 10.0. The fraction of sp³-hybridized carbons (Fsp3) is 0.588. The predicted octanol–water partition coefficient (Wildman–Crippen LogP) is 2.82. The first kappa shape index (κ1) is 17.5. The van der Waals surface area contributed by atoms with Crippen molar-refractivity contribution in [1.29, 1.82) is 0 Å². The molecule has 0 bridgehead atoms. The minimum atomic E-state index is -0.000880. The smallest absolute Gasteiger partial charge is 0.253 e. The molecule has 0 saturated heterocycles. The van der Waals surface area contributed by atoms with E-state index in [1.165, 1.54) is 0 Å². The van der Waals surface area contributed by atoms with Crippen molar-refractivity contribution in [2.24, 2.45) is 5.92 Å². The number of nitrogens with one attached hydrogen (secondary N) is 2. The van der Waals surface area contributed by atoms with Crippen molar-refractivity contribution in [2.75, 3.05) is 32.5 Å². The monoisotopic (exact) mass is 291 g/mol. The van der Waals surface area contributed by atoms with E-state index < -0.39 is 0 Å². The minimum Gasteiger partial charge on any atom is -0.385 e. The number of carbonyl (C=O) groups excluding carboxylic acids is 1. The summed E-state index contributed by atoms with van der Waals surface area (Å²) in [4.78, 5) is 14.7. The average Bonchev–Trinajstić information content (AvgIpc) is 2.38. The Bertz CT molecular complexity index is 433. The lowest BCUT2D eigenvalue weighted by Crippen LogP contribution is -2.42. The van der Waals surface area contributed by atoms with Crippen LogP contribution in [0.2, 0.25) is 0 Å². The molecule has 0 radical (unpaired) electrons. The Labute approximate surface area is 128 Å². The summed E-state index contributed by atoms with van der Waals surface area (Å²) in [5.74, 6) is 0.554. The van der Waals surface area contributed by atoms with Crippen molar-refractivity contribution in [3.63, 3.8) is 0 Å². The number of carbonyl (C=O) groups is 1. The van der Waals surface area contributed by atoms with Crippen molar-refractivity contribution >= 4 is 11.6 Å².